The second kappa shape index (κ2) is 6.87. The van der Waals surface area contributed by atoms with Gasteiger partial charge in [-0.2, -0.15) is 0 Å². The van der Waals surface area contributed by atoms with E-state index in [2.05, 4.69) is 47.8 Å². The fourth-order valence-electron chi connectivity index (χ4n) is 1.61. The highest BCUT2D eigenvalue weighted by Crippen LogP contribution is 2.41. The van der Waals surface area contributed by atoms with Crippen LogP contribution >= 0.6 is 47.8 Å². The predicted molar refractivity (Wildman–Crippen MR) is 88.6 cm³/mol. The minimum atomic E-state index is -0.489. The number of halogens is 3. The van der Waals surface area contributed by atoms with E-state index in [4.69, 9.17) is 4.74 Å². The van der Waals surface area contributed by atoms with E-state index < -0.39 is 4.92 Å². The van der Waals surface area contributed by atoms with Crippen molar-refractivity contribution < 1.29 is 14.8 Å². The van der Waals surface area contributed by atoms with Gasteiger partial charge in [-0.3, -0.25) is 10.1 Å². The average Bonchev–Trinajstić information content (AvgIpc) is 2.42. The molecule has 0 saturated carbocycles. The number of non-ortho nitro benzene ring substituents is 1. The number of aliphatic hydroxyl groups excluding tert-OH is 1. The van der Waals surface area contributed by atoms with Gasteiger partial charge in [0.15, 0.2) is 5.75 Å². The molecule has 0 saturated heterocycles. The molecule has 2 aromatic carbocycles. The van der Waals surface area contributed by atoms with Crippen LogP contribution < -0.4 is 4.74 Å². The topological polar surface area (TPSA) is 72.6 Å². The molecule has 8 heteroatoms. The van der Waals surface area contributed by atoms with Crippen molar-refractivity contribution in [2.24, 2.45) is 0 Å². The van der Waals surface area contributed by atoms with Crippen LogP contribution in [0.25, 0.3) is 0 Å². The molecule has 0 unspecified atom stereocenters. The molecule has 110 valence electrons. The molecule has 0 amide bonds. The molecule has 0 radical (unpaired) electrons. The third kappa shape index (κ3) is 3.82. The van der Waals surface area contributed by atoms with Crippen molar-refractivity contribution in [2.75, 3.05) is 0 Å². The van der Waals surface area contributed by atoms with Crippen LogP contribution in [-0.2, 0) is 6.61 Å². The van der Waals surface area contributed by atoms with Crippen LogP contribution in [0.1, 0.15) is 5.56 Å². The number of ether oxygens (including phenoxy) is 1. The standard InChI is InChI=1S/C13H8Br3NO4/c14-8-2-1-7(6-18)12(3-8)21-13-10(15)4-9(17(19)20)5-11(13)16/h1-5,18H,6H2. The molecule has 0 fully saturated rings. The Morgan fingerprint density at radius 1 is 1.14 bits per heavy atom. The first kappa shape index (κ1) is 16.4. The summed E-state index contributed by atoms with van der Waals surface area (Å²) in [6, 6.07) is 7.95. The van der Waals surface area contributed by atoms with Gasteiger partial charge in [0.2, 0.25) is 0 Å². The average molecular weight is 482 g/mol. The zero-order valence-corrected chi connectivity index (χ0v) is 15.1. The number of benzene rings is 2. The first-order valence-corrected chi connectivity index (χ1v) is 8.01. The third-order valence-corrected chi connectivity index (χ3v) is 4.28. The summed E-state index contributed by atoms with van der Waals surface area (Å²) in [5, 5.41) is 20.1. The maximum absolute atomic E-state index is 10.8. The molecular weight excluding hydrogens is 474 g/mol. The second-order valence-corrected chi connectivity index (χ2v) is 6.63. The van der Waals surface area contributed by atoms with Crippen molar-refractivity contribution >= 4 is 53.5 Å². The fraction of sp³-hybridized carbons (Fsp3) is 0.0769. The van der Waals surface area contributed by atoms with E-state index in [0.717, 1.165) is 4.47 Å². The van der Waals surface area contributed by atoms with Crippen molar-refractivity contribution in [1.82, 2.24) is 0 Å². The zero-order valence-electron chi connectivity index (χ0n) is 10.3. The van der Waals surface area contributed by atoms with Crippen LogP contribution in [0.3, 0.4) is 0 Å². The highest BCUT2D eigenvalue weighted by molar-refractivity contribution is 9.11. The summed E-state index contributed by atoms with van der Waals surface area (Å²) < 4.78 is 7.44. The van der Waals surface area contributed by atoms with E-state index in [-0.39, 0.29) is 12.3 Å². The molecule has 0 heterocycles. The van der Waals surface area contributed by atoms with Crippen LogP contribution in [0.15, 0.2) is 43.7 Å². The first-order chi connectivity index (χ1) is 9.92. The molecule has 2 rings (SSSR count). The summed E-state index contributed by atoms with van der Waals surface area (Å²) in [5.41, 5.74) is 0.549. The highest BCUT2D eigenvalue weighted by atomic mass is 79.9. The molecule has 2 aromatic rings. The minimum Gasteiger partial charge on any atom is -0.455 e. The molecule has 0 bridgehead atoms. The lowest BCUT2D eigenvalue weighted by Gasteiger charge is -2.13. The lowest BCUT2D eigenvalue weighted by atomic mass is 10.2. The second-order valence-electron chi connectivity index (χ2n) is 4.01. The van der Waals surface area contributed by atoms with E-state index in [9.17, 15) is 15.2 Å². The lowest BCUT2D eigenvalue weighted by molar-refractivity contribution is -0.385. The van der Waals surface area contributed by atoms with Gasteiger partial charge < -0.3 is 9.84 Å². The summed E-state index contributed by atoms with van der Waals surface area (Å²) in [7, 11) is 0. The smallest absolute Gasteiger partial charge is 0.271 e. The maximum atomic E-state index is 10.8. The van der Waals surface area contributed by atoms with Crippen LogP contribution in [0.2, 0.25) is 0 Å². The van der Waals surface area contributed by atoms with E-state index in [1.54, 1.807) is 18.2 Å². The van der Waals surface area contributed by atoms with Gasteiger partial charge in [0.25, 0.3) is 5.69 Å². The lowest BCUT2D eigenvalue weighted by Crippen LogP contribution is -1.95. The number of nitro benzene ring substituents is 1. The van der Waals surface area contributed by atoms with E-state index in [1.165, 1.54) is 12.1 Å². The van der Waals surface area contributed by atoms with Gasteiger partial charge in [-0.15, -0.1) is 0 Å². The molecule has 0 aromatic heterocycles. The molecule has 0 atom stereocenters. The summed E-state index contributed by atoms with van der Waals surface area (Å²) in [6.45, 7) is -0.176. The van der Waals surface area contributed by atoms with Crippen molar-refractivity contribution in [2.45, 2.75) is 6.61 Å². The third-order valence-electron chi connectivity index (χ3n) is 2.61. The Kier molecular flexibility index (Phi) is 5.37. The van der Waals surface area contributed by atoms with Crippen molar-refractivity contribution in [1.29, 1.82) is 0 Å². The number of hydrogen-bond acceptors (Lipinski definition) is 4. The maximum Gasteiger partial charge on any atom is 0.271 e. The molecular formula is C13H8Br3NO4. The minimum absolute atomic E-state index is 0.0577. The summed E-state index contributed by atoms with van der Waals surface area (Å²) in [6.07, 6.45) is 0. The van der Waals surface area contributed by atoms with Crippen molar-refractivity contribution in [3.05, 3.63) is 59.4 Å². The molecule has 0 spiro atoms. The zero-order chi connectivity index (χ0) is 15.6. The van der Waals surface area contributed by atoms with Crippen molar-refractivity contribution in [3.63, 3.8) is 0 Å². The van der Waals surface area contributed by atoms with Crippen LogP contribution in [0.4, 0.5) is 5.69 Å². The Morgan fingerprint density at radius 3 is 2.29 bits per heavy atom. The summed E-state index contributed by atoms with van der Waals surface area (Å²) in [5.74, 6) is 0.857. The van der Waals surface area contributed by atoms with Gasteiger partial charge in [-0.05, 0) is 44.0 Å². The SMILES string of the molecule is O=[N+]([O-])c1cc(Br)c(Oc2cc(Br)ccc2CO)c(Br)c1. The molecule has 1 N–H and O–H groups in total. The highest BCUT2D eigenvalue weighted by Gasteiger charge is 2.17. The Bertz CT molecular complexity index is 683. The van der Waals surface area contributed by atoms with Crippen LogP contribution in [0, 0.1) is 10.1 Å². The van der Waals surface area contributed by atoms with Crippen molar-refractivity contribution in [3.8, 4) is 11.5 Å². The first-order valence-electron chi connectivity index (χ1n) is 5.63. The molecule has 5 nitrogen and oxygen atoms in total. The summed E-state index contributed by atoms with van der Waals surface area (Å²) in [4.78, 5) is 10.3. The fourth-order valence-corrected chi connectivity index (χ4v) is 3.28. The van der Waals surface area contributed by atoms with Crippen LogP contribution in [0.5, 0.6) is 11.5 Å². The Morgan fingerprint density at radius 2 is 1.76 bits per heavy atom. The Balaban J connectivity index is 2.45. The monoisotopic (exact) mass is 479 g/mol. The number of nitrogens with zero attached hydrogens (tertiary/aromatic N) is 1. The molecule has 0 aliphatic heterocycles. The van der Waals surface area contributed by atoms with Gasteiger partial charge in [0.05, 0.1) is 20.5 Å². The predicted octanol–water partition coefficient (Wildman–Crippen LogP) is 5.17. The number of aliphatic hydroxyl groups is 1. The van der Waals surface area contributed by atoms with Gasteiger partial charge in [0, 0.05) is 22.2 Å². The molecule has 21 heavy (non-hydrogen) atoms. The van der Waals surface area contributed by atoms with E-state index >= 15 is 0 Å². The molecule has 0 aliphatic carbocycles. The number of nitro groups is 1. The normalized spacial score (nSPS) is 10.5. The van der Waals surface area contributed by atoms with Gasteiger partial charge in [-0.25, -0.2) is 0 Å². The number of rotatable bonds is 4. The molecule has 0 aliphatic rings. The van der Waals surface area contributed by atoms with E-state index in [0.29, 0.717) is 26.0 Å². The quantitative estimate of drug-likeness (QED) is 0.483. The summed E-state index contributed by atoms with van der Waals surface area (Å²) >= 11 is 9.84. The van der Waals surface area contributed by atoms with Gasteiger partial charge in [-0.1, -0.05) is 22.0 Å². The van der Waals surface area contributed by atoms with E-state index in [1.807, 2.05) is 0 Å². The largest absolute Gasteiger partial charge is 0.455 e. The van der Waals surface area contributed by atoms with Gasteiger partial charge >= 0.3 is 0 Å². The number of hydrogen-bond donors (Lipinski definition) is 1. The Hall–Kier alpha value is -0.960. The van der Waals surface area contributed by atoms with Gasteiger partial charge in [0.1, 0.15) is 5.75 Å². The van der Waals surface area contributed by atoms with Crippen LogP contribution in [-0.4, -0.2) is 10.0 Å². The Labute approximate surface area is 145 Å².